The number of ether oxygens (including phenoxy) is 1. The van der Waals surface area contributed by atoms with E-state index in [1.54, 1.807) is 0 Å². The van der Waals surface area contributed by atoms with Gasteiger partial charge in [-0.15, -0.1) is 0 Å². The van der Waals surface area contributed by atoms with E-state index in [0.717, 1.165) is 37.0 Å². The van der Waals surface area contributed by atoms with Gasteiger partial charge in [0.25, 0.3) is 0 Å². The normalized spacial score (nSPS) is 24.3. The molecule has 5 nitrogen and oxygen atoms in total. The molecule has 2 unspecified atom stereocenters. The molecule has 1 saturated carbocycles. The number of rotatable bonds is 6. The van der Waals surface area contributed by atoms with Gasteiger partial charge in [0.05, 0.1) is 32.3 Å². The zero-order valence-electron chi connectivity index (χ0n) is 13.4. The van der Waals surface area contributed by atoms with Crippen molar-refractivity contribution in [2.24, 2.45) is 16.9 Å². The average Bonchev–Trinajstić information content (AvgIpc) is 2.59. The van der Waals surface area contributed by atoms with Gasteiger partial charge in [0.2, 0.25) is 5.91 Å². The molecule has 0 bridgehead atoms. The molecule has 1 fully saturated rings. The van der Waals surface area contributed by atoms with E-state index in [1.165, 1.54) is 5.01 Å². The van der Waals surface area contributed by atoms with Crippen LogP contribution in [0.4, 0.5) is 0 Å². The van der Waals surface area contributed by atoms with Crippen molar-refractivity contribution < 1.29 is 14.6 Å². The average molecular weight is 316 g/mol. The van der Waals surface area contributed by atoms with Gasteiger partial charge in [-0.05, 0) is 24.8 Å². The molecule has 0 radical (unpaired) electrons. The summed E-state index contributed by atoms with van der Waals surface area (Å²) in [7, 11) is 0. The second kappa shape index (κ2) is 7.70. The number of hydrazone groups is 1. The molecule has 1 N–H and O–H groups in total. The van der Waals surface area contributed by atoms with Crippen LogP contribution in [0.25, 0.3) is 0 Å². The number of carbonyl (C=O) groups excluding carboxylic acids is 1. The van der Waals surface area contributed by atoms with Crippen molar-refractivity contribution in [1.82, 2.24) is 5.01 Å². The summed E-state index contributed by atoms with van der Waals surface area (Å²) in [5.74, 6) is 0.0304. The minimum absolute atomic E-state index is 0.0113. The van der Waals surface area contributed by atoms with Crippen LogP contribution in [0.2, 0.25) is 0 Å². The van der Waals surface area contributed by atoms with E-state index in [1.807, 2.05) is 30.3 Å². The molecule has 0 saturated heterocycles. The fraction of sp³-hybridized carbons (Fsp3) is 0.556. The van der Waals surface area contributed by atoms with Crippen molar-refractivity contribution in [3.8, 4) is 0 Å². The van der Waals surface area contributed by atoms with Crippen molar-refractivity contribution in [3.63, 3.8) is 0 Å². The summed E-state index contributed by atoms with van der Waals surface area (Å²) >= 11 is 0. The number of aliphatic hydroxyl groups is 1. The summed E-state index contributed by atoms with van der Waals surface area (Å²) in [6, 6.07) is 9.99. The van der Waals surface area contributed by atoms with E-state index in [9.17, 15) is 4.79 Å². The minimum atomic E-state index is -0.168. The Balaban J connectivity index is 1.66. The molecule has 124 valence electrons. The van der Waals surface area contributed by atoms with Crippen LogP contribution in [0.3, 0.4) is 0 Å². The fourth-order valence-corrected chi connectivity index (χ4v) is 3.47. The van der Waals surface area contributed by atoms with Crippen LogP contribution in [0.1, 0.15) is 31.2 Å². The number of fused-ring (bicyclic) bond motifs is 1. The molecule has 1 aromatic rings. The third-order valence-corrected chi connectivity index (χ3v) is 4.65. The lowest BCUT2D eigenvalue weighted by molar-refractivity contribution is -0.141. The van der Waals surface area contributed by atoms with Crippen molar-refractivity contribution in [3.05, 3.63) is 35.9 Å². The molecule has 5 heteroatoms. The molecule has 2 atom stereocenters. The standard InChI is InChI=1S/C18H24N2O3/c21-11-10-20-18(22)16(15-8-4-5-9-17(15)19-20)13-23-12-14-6-2-1-3-7-14/h1-3,6-7,15-16,21H,4-5,8-13H2. The number of nitrogens with zero attached hydrogens (tertiary/aromatic N) is 2. The predicted molar refractivity (Wildman–Crippen MR) is 87.8 cm³/mol. The largest absolute Gasteiger partial charge is 0.394 e. The van der Waals surface area contributed by atoms with Gasteiger partial charge in [0.1, 0.15) is 0 Å². The first-order valence-corrected chi connectivity index (χ1v) is 8.41. The summed E-state index contributed by atoms with van der Waals surface area (Å²) in [4.78, 5) is 12.6. The molecule has 1 heterocycles. The summed E-state index contributed by atoms with van der Waals surface area (Å²) < 4.78 is 5.84. The van der Waals surface area contributed by atoms with Crippen LogP contribution in [0.5, 0.6) is 0 Å². The highest BCUT2D eigenvalue weighted by atomic mass is 16.5. The summed E-state index contributed by atoms with van der Waals surface area (Å²) in [6.07, 6.45) is 4.24. The van der Waals surface area contributed by atoms with Gasteiger partial charge >= 0.3 is 0 Å². The molecule has 0 spiro atoms. The number of aliphatic hydroxyl groups excluding tert-OH is 1. The van der Waals surface area contributed by atoms with E-state index >= 15 is 0 Å². The topological polar surface area (TPSA) is 62.1 Å². The lowest BCUT2D eigenvalue weighted by Gasteiger charge is -2.37. The number of hydrogen-bond acceptors (Lipinski definition) is 4. The summed E-state index contributed by atoms with van der Waals surface area (Å²) in [5.41, 5.74) is 2.22. The zero-order chi connectivity index (χ0) is 16.1. The van der Waals surface area contributed by atoms with Gasteiger partial charge in [-0.3, -0.25) is 4.79 Å². The Morgan fingerprint density at radius 3 is 2.87 bits per heavy atom. The van der Waals surface area contributed by atoms with Gasteiger partial charge in [-0.1, -0.05) is 36.8 Å². The first-order chi connectivity index (χ1) is 11.3. The first kappa shape index (κ1) is 16.1. The van der Waals surface area contributed by atoms with Crippen LogP contribution in [0, 0.1) is 11.8 Å². The van der Waals surface area contributed by atoms with Crippen LogP contribution < -0.4 is 0 Å². The highest BCUT2D eigenvalue weighted by Gasteiger charge is 2.40. The van der Waals surface area contributed by atoms with E-state index in [0.29, 0.717) is 13.2 Å². The summed E-state index contributed by atoms with van der Waals surface area (Å²) in [6.45, 7) is 1.14. The molecule has 1 aromatic carbocycles. The Morgan fingerprint density at radius 1 is 1.26 bits per heavy atom. The Hall–Kier alpha value is -1.72. The van der Waals surface area contributed by atoms with Gasteiger partial charge in [0.15, 0.2) is 0 Å². The molecular weight excluding hydrogens is 292 g/mol. The Labute approximate surface area is 136 Å². The molecule has 0 aromatic heterocycles. The lowest BCUT2D eigenvalue weighted by atomic mass is 9.77. The molecule has 23 heavy (non-hydrogen) atoms. The molecule has 2 aliphatic rings. The number of amides is 1. The van der Waals surface area contributed by atoms with Crippen molar-refractivity contribution >= 4 is 11.6 Å². The first-order valence-electron chi connectivity index (χ1n) is 8.41. The second-order valence-electron chi connectivity index (χ2n) is 6.24. The Kier molecular flexibility index (Phi) is 5.41. The molecule has 3 rings (SSSR count). The number of hydrogen-bond donors (Lipinski definition) is 1. The van der Waals surface area contributed by atoms with Gasteiger partial charge in [-0.25, -0.2) is 5.01 Å². The molecular formula is C18H24N2O3. The lowest BCUT2D eigenvalue weighted by Crippen LogP contribution is -2.48. The second-order valence-corrected chi connectivity index (χ2v) is 6.24. The maximum absolute atomic E-state index is 12.6. The van der Waals surface area contributed by atoms with Crippen LogP contribution >= 0.6 is 0 Å². The Morgan fingerprint density at radius 2 is 2.09 bits per heavy atom. The van der Waals surface area contributed by atoms with E-state index in [4.69, 9.17) is 9.84 Å². The SMILES string of the molecule is O=C1C(COCc2ccccc2)C2CCCCC2=NN1CCO. The highest BCUT2D eigenvalue weighted by Crippen LogP contribution is 2.33. The monoisotopic (exact) mass is 316 g/mol. The molecule has 1 aliphatic heterocycles. The number of β-amino-alcohol motifs (C(OH)–C–C–N with tert-alkyl or cyclic N) is 1. The van der Waals surface area contributed by atoms with Gasteiger partial charge in [-0.2, -0.15) is 5.10 Å². The van der Waals surface area contributed by atoms with Crippen molar-refractivity contribution in [2.45, 2.75) is 32.3 Å². The van der Waals surface area contributed by atoms with Crippen LogP contribution in [-0.4, -0.2) is 41.5 Å². The minimum Gasteiger partial charge on any atom is -0.394 e. The van der Waals surface area contributed by atoms with Crippen molar-refractivity contribution in [1.29, 1.82) is 0 Å². The quantitative estimate of drug-likeness (QED) is 0.875. The highest BCUT2D eigenvalue weighted by molar-refractivity contribution is 5.96. The number of benzene rings is 1. The summed E-state index contributed by atoms with van der Waals surface area (Å²) in [5, 5.41) is 15.1. The van der Waals surface area contributed by atoms with Crippen molar-refractivity contribution in [2.75, 3.05) is 19.8 Å². The molecule has 1 aliphatic carbocycles. The smallest absolute Gasteiger partial charge is 0.248 e. The Bertz CT molecular complexity index is 559. The van der Waals surface area contributed by atoms with E-state index in [2.05, 4.69) is 5.10 Å². The zero-order valence-corrected chi connectivity index (χ0v) is 13.4. The third kappa shape index (κ3) is 3.79. The molecule has 1 amide bonds. The van der Waals surface area contributed by atoms with E-state index in [-0.39, 0.29) is 30.9 Å². The number of carbonyl (C=O) groups is 1. The maximum atomic E-state index is 12.6. The van der Waals surface area contributed by atoms with Gasteiger partial charge < -0.3 is 9.84 Å². The van der Waals surface area contributed by atoms with Crippen LogP contribution in [-0.2, 0) is 16.1 Å². The van der Waals surface area contributed by atoms with Crippen LogP contribution in [0.15, 0.2) is 35.4 Å². The predicted octanol–water partition coefficient (Wildman–Crippen LogP) is 2.20. The third-order valence-electron chi connectivity index (χ3n) is 4.65. The van der Waals surface area contributed by atoms with E-state index < -0.39 is 0 Å². The maximum Gasteiger partial charge on any atom is 0.248 e. The fourth-order valence-electron chi connectivity index (χ4n) is 3.47. The van der Waals surface area contributed by atoms with Gasteiger partial charge in [0, 0.05) is 11.6 Å².